The summed E-state index contributed by atoms with van der Waals surface area (Å²) in [6, 6.07) is 11.5. The molecule has 178 valence electrons. The molecule has 0 fully saturated rings. The molecule has 9 heteroatoms. The van der Waals surface area contributed by atoms with Crippen LogP contribution in [0.1, 0.15) is 12.5 Å². The lowest BCUT2D eigenvalue weighted by atomic mass is 10.1. The van der Waals surface area contributed by atoms with Crippen molar-refractivity contribution in [2.75, 3.05) is 44.5 Å². The summed E-state index contributed by atoms with van der Waals surface area (Å²) < 4.78 is 10.4. The second-order valence-corrected chi connectivity index (χ2v) is 7.68. The van der Waals surface area contributed by atoms with Gasteiger partial charge in [0.1, 0.15) is 17.9 Å². The van der Waals surface area contributed by atoms with Crippen molar-refractivity contribution in [1.82, 2.24) is 14.9 Å². The third-order valence-corrected chi connectivity index (χ3v) is 4.89. The number of rotatable bonds is 10. The van der Waals surface area contributed by atoms with Crippen LogP contribution in [0.3, 0.4) is 0 Å². The van der Waals surface area contributed by atoms with Crippen LogP contribution in [0.5, 0.6) is 5.75 Å². The minimum Gasteiger partial charge on any atom is -0.494 e. The first-order valence-electron chi connectivity index (χ1n) is 10.9. The number of carbonyl (C=O) groups is 2. The molecule has 2 aromatic carbocycles. The third-order valence-electron chi connectivity index (χ3n) is 4.89. The van der Waals surface area contributed by atoms with Crippen LogP contribution in [-0.2, 0) is 14.3 Å². The van der Waals surface area contributed by atoms with Gasteiger partial charge in [0.2, 0.25) is 5.91 Å². The fourth-order valence-corrected chi connectivity index (χ4v) is 3.32. The summed E-state index contributed by atoms with van der Waals surface area (Å²) in [6.07, 6.45) is 4.57. The summed E-state index contributed by atoms with van der Waals surface area (Å²) >= 11 is 0. The summed E-state index contributed by atoms with van der Waals surface area (Å²) in [5.41, 5.74) is 3.19. The topological polar surface area (TPSA) is 106 Å². The van der Waals surface area contributed by atoms with Crippen LogP contribution in [-0.4, -0.2) is 60.6 Å². The highest BCUT2D eigenvalue weighted by atomic mass is 16.5. The monoisotopic (exact) mass is 463 g/mol. The van der Waals surface area contributed by atoms with Crippen LogP contribution in [0.25, 0.3) is 10.9 Å². The van der Waals surface area contributed by atoms with Crippen molar-refractivity contribution in [3.8, 4) is 5.75 Å². The average molecular weight is 464 g/mol. The number of anilines is 3. The number of carbonyl (C=O) groups excluding carboxylic acids is 2. The van der Waals surface area contributed by atoms with Gasteiger partial charge in [0, 0.05) is 29.8 Å². The molecule has 0 aliphatic heterocycles. The smallest absolute Gasteiger partial charge is 0.320 e. The number of ether oxygens (including phenoxy) is 2. The molecule has 1 heterocycles. The number of methoxy groups -OCH3 is 1. The Balaban J connectivity index is 1.76. The Bertz CT molecular complexity index is 1200. The molecule has 0 unspecified atom stereocenters. The Morgan fingerprint density at radius 3 is 2.74 bits per heavy atom. The van der Waals surface area contributed by atoms with Crippen molar-refractivity contribution < 1.29 is 19.1 Å². The predicted octanol–water partition coefficient (Wildman–Crippen LogP) is 3.68. The predicted molar refractivity (Wildman–Crippen MR) is 132 cm³/mol. The van der Waals surface area contributed by atoms with Crippen molar-refractivity contribution in [3.05, 3.63) is 60.4 Å². The van der Waals surface area contributed by atoms with Gasteiger partial charge < -0.3 is 20.1 Å². The van der Waals surface area contributed by atoms with E-state index in [1.165, 1.54) is 19.5 Å². The lowest BCUT2D eigenvalue weighted by molar-refractivity contribution is -0.143. The van der Waals surface area contributed by atoms with E-state index in [0.717, 1.165) is 16.6 Å². The van der Waals surface area contributed by atoms with Crippen LogP contribution < -0.4 is 15.4 Å². The van der Waals surface area contributed by atoms with Crippen molar-refractivity contribution in [3.63, 3.8) is 0 Å². The van der Waals surface area contributed by atoms with Gasteiger partial charge >= 0.3 is 5.97 Å². The Hall–Kier alpha value is -3.98. The number of likely N-dealkylation sites (N-methyl/N-ethyl adjacent to an activating group) is 1. The number of hydrogen-bond acceptors (Lipinski definition) is 8. The van der Waals surface area contributed by atoms with E-state index in [-0.39, 0.29) is 18.4 Å². The fraction of sp³-hybridized carbons (Fsp3) is 0.280. The quantitative estimate of drug-likeness (QED) is 0.347. The summed E-state index contributed by atoms with van der Waals surface area (Å²) in [6.45, 7) is 4.68. The molecule has 1 aromatic heterocycles. The molecule has 0 aliphatic carbocycles. The molecule has 0 saturated heterocycles. The van der Waals surface area contributed by atoms with Gasteiger partial charge in [-0.05, 0) is 44.7 Å². The van der Waals surface area contributed by atoms with Crippen LogP contribution in [0, 0.1) is 6.92 Å². The molecule has 3 rings (SSSR count). The Morgan fingerprint density at radius 2 is 2.00 bits per heavy atom. The number of esters is 1. The van der Waals surface area contributed by atoms with E-state index in [4.69, 9.17) is 9.47 Å². The lowest BCUT2D eigenvalue weighted by Gasteiger charge is -2.14. The van der Waals surface area contributed by atoms with Crippen molar-refractivity contribution in [1.29, 1.82) is 0 Å². The molecule has 9 nitrogen and oxygen atoms in total. The van der Waals surface area contributed by atoms with E-state index in [0.29, 0.717) is 35.9 Å². The van der Waals surface area contributed by atoms with E-state index < -0.39 is 0 Å². The number of aromatic nitrogens is 2. The Morgan fingerprint density at radius 1 is 1.18 bits per heavy atom. The average Bonchev–Trinajstić information content (AvgIpc) is 2.79. The third kappa shape index (κ3) is 6.76. The molecule has 1 amide bonds. The summed E-state index contributed by atoms with van der Waals surface area (Å²) in [4.78, 5) is 34.5. The van der Waals surface area contributed by atoms with E-state index in [1.807, 2.05) is 31.2 Å². The van der Waals surface area contributed by atoms with Gasteiger partial charge in [-0.1, -0.05) is 18.2 Å². The molecule has 0 radical (unpaired) electrons. The molecule has 0 bridgehead atoms. The maximum absolute atomic E-state index is 12.5. The van der Waals surface area contributed by atoms with Gasteiger partial charge in [-0.3, -0.25) is 14.5 Å². The number of hydrogen-bond donors (Lipinski definition) is 2. The van der Waals surface area contributed by atoms with Crippen LogP contribution in [0.4, 0.5) is 17.2 Å². The summed E-state index contributed by atoms with van der Waals surface area (Å²) in [7, 11) is 3.30. The standard InChI is InChI=1S/C25H29N5O4/c1-5-34-24(32)15-30(3)11-7-10-23(31)29-21-13-19-20(14-22(21)33-4)26-16-27-25(19)28-18-9-6-8-17(2)12-18/h6-10,12-14,16H,5,11,15H2,1-4H3,(H,29,31)(H,26,27,28)/b10-7+. The number of benzene rings is 2. The van der Waals surface area contributed by atoms with Gasteiger partial charge in [-0.2, -0.15) is 0 Å². The van der Waals surface area contributed by atoms with Gasteiger partial charge in [-0.25, -0.2) is 9.97 Å². The number of aryl methyl sites for hydroxylation is 1. The zero-order valence-electron chi connectivity index (χ0n) is 19.8. The highest BCUT2D eigenvalue weighted by Crippen LogP contribution is 2.33. The first kappa shape index (κ1) is 24.7. The number of fused-ring (bicyclic) bond motifs is 1. The van der Waals surface area contributed by atoms with E-state index in [1.54, 1.807) is 37.1 Å². The first-order chi connectivity index (χ1) is 16.4. The maximum atomic E-state index is 12.5. The maximum Gasteiger partial charge on any atom is 0.320 e. The van der Waals surface area contributed by atoms with Crippen molar-refractivity contribution in [2.24, 2.45) is 0 Å². The van der Waals surface area contributed by atoms with E-state index in [9.17, 15) is 9.59 Å². The molecular weight excluding hydrogens is 434 g/mol. The minimum atomic E-state index is -0.327. The normalized spacial score (nSPS) is 11.1. The second-order valence-electron chi connectivity index (χ2n) is 7.68. The Kier molecular flexibility index (Phi) is 8.53. The fourth-order valence-electron chi connectivity index (χ4n) is 3.32. The zero-order valence-corrected chi connectivity index (χ0v) is 19.8. The largest absolute Gasteiger partial charge is 0.494 e. The lowest BCUT2D eigenvalue weighted by Crippen LogP contribution is -2.27. The summed E-state index contributed by atoms with van der Waals surface area (Å²) in [5.74, 6) is 0.465. The van der Waals surface area contributed by atoms with Gasteiger partial charge in [0.25, 0.3) is 0 Å². The number of nitrogens with one attached hydrogen (secondary N) is 2. The van der Waals surface area contributed by atoms with Crippen LogP contribution in [0.2, 0.25) is 0 Å². The highest BCUT2D eigenvalue weighted by molar-refractivity contribution is 6.03. The molecule has 2 N–H and O–H groups in total. The van der Waals surface area contributed by atoms with E-state index >= 15 is 0 Å². The van der Waals surface area contributed by atoms with Gasteiger partial charge in [0.15, 0.2) is 0 Å². The molecule has 3 aromatic rings. The molecule has 0 atom stereocenters. The molecule has 0 aliphatic rings. The van der Waals surface area contributed by atoms with Crippen molar-refractivity contribution in [2.45, 2.75) is 13.8 Å². The molecule has 0 spiro atoms. The minimum absolute atomic E-state index is 0.148. The number of nitrogens with zero attached hydrogens (tertiary/aromatic N) is 3. The molecule has 0 saturated carbocycles. The Labute approximate surface area is 198 Å². The van der Waals surface area contributed by atoms with Gasteiger partial charge in [0.05, 0.1) is 31.5 Å². The molecule has 34 heavy (non-hydrogen) atoms. The van der Waals surface area contributed by atoms with Crippen molar-refractivity contribution >= 4 is 40.0 Å². The number of amides is 1. The summed E-state index contributed by atoms with van der Waals surface area (Å²) in [5, 5.41) is 6.89. The van der Waals surface area contributed by atoms with Crippen LogP contribution in [0.15, 0.2) is 54.9 Å². The highest BCUT2D eigenvalue weighted by Gasteiger charge is 2.13. The van der Waals surface area contributed by atoms with Gasteiger partial charge in [-0.15, -0.1) is 0 Å². The molecular formula is C25H29N5O4. The van der Waals surface area contributed by atoms with Crippen LogP contribution >= 0.6 is 0 Å². The zero-order chi connectivity index (χ0) is 24.5. The SMILES string of the molecule is CCOC(=O)CN(C)C/C=C/C(=O)Nc1cc2c(Nc3cccc(C)c3)ncnc2cc1OC. The van der Waals surface area contributed by atoms with E-state index in [2.05, 4.69) is 20.6 Å². The first-order valence-corrected chi connectivity index (χ1v) is 10.9. The second kappa shape index (κ2) is 11.8.